The zero-order valence-corrected chi connectivity index (χ0v) is 15.0. The Balaban J connectivity index is 1.84. The molecule has 0 radical (unpaired) electrons. The Bertz CT molecular complexity index is 751. The zero-order valence-electron chi connectivity index (χ0n) is 14.1. The molecule has 1 heterocycles. The summed E-state index contributed by atoms with van der Waals surface area (Å²) in [5, 5.41) is 4.31. The largest absolute Gasteiger partial charge is 0.354 e. The average Bonchev–Trinajstić information content (AvgIpc) is 2.67. The lowest BCUT2D eigenvalue weighted by atomic mass is 10.1. The molecule has 2 amide bonds. The standard InChI is InChI=1S/C19H21N3O2S/c1-20-18(23)11-21-12-19(24)22-15-9-5-6-10-17(15)25-13-16(22)14-7-3-2-4-8-14/h2-10,16,21H,11-13H2,1H3,(H,20,23)/p+1/t16-/m1/s1. The second kappa shape index (κ2) is 8.18. The minimum atomic E-state index is -0.0815. The van der Waals surface area contributed by atoms with E-state index < -0.39 is 0 Å². The number of rotatable bonds is 5. The third-order valence-corrected chi connectivity index (χ3v) is 5.35. The first-order valence-electron chi connectivity index (χ1n) is 8.32. The minimum Gasteiger partial charge on any atom is -0.354 e. The first kappa shape index (κ1) is 17.5. The molecule has 0 saturated heterocycles. The Morgan fingerprint density at radius 3 is 2.60 bits per heavy atom. The molecule has 6 heteroatoms. The quantitative estimate of drug-likeness (QED) is 0.845. The fourth-order valence-corrected chi connectivity index (χ4v) is 4.11. The van der Waals surface area contributed by atoms with E-state index in [0.717, 1.165) is 21.9 Å². The molecule has 2 aromatic carbocycles. The van der Waals surface area contributed by atoms with Crippen LogP contribution < -0.4 is 15.5 Å². The highest BCUT2D eigenvalue weighted by Crippen LogP contribution is 2.42. The molecule has 0 aromatic heterocycles. The summed E-state index contributed by atoms with van der Waals surface area (Å²) in [6, 6.07) is 18.1. The normalized spacial score (nSPS) is 16.2. The number of fused-ring (bicyclic) bond motifs is 1. The highest BCUT2D eigenvalue weighted by Gasteiger charge is 2.32. The number of benzene rings is 2. The number of quaternary nitrogens is 1. The van der Waals surface area contributed by atoms with Crippen molar-refractivity contribution in [1.29, 1.82) is 0 Å². The van der Waals surface area contributed by atoms with Gasteiger partial charge in [-0.15, -0.1) is 11.8 Å². The van der Waals surface area contributed by atoms with Crippen LogP contribution in [0.15, 0.2) is 59.5 Å². The van der Waals surface area contributed by atoms with Crippen LogP contribution in [0.1, 0.15) is 11.6 Å². The van der Waals surface area contributed by atoms with Gasteiger partial charge in [0.15, 0.2) is 13.1 Å². The molecule has 1 aliphatic heterocycles. The van der Waals surface area contributed by atoms with Crippen LogP contribution in [0.25, 0.3) is 0 Å². The van der Waals surface area contributed by atoms with Gasteiger partial charge in [0.1, 0.15) is 0 Å². The van der Waals surface area contributed by atoms with Crippen LogP contribution in [-0.2, 0) is 9.59 Å². The molecule has 25 heavy (non-hydrogen) atoms. The molecule has 1 atom stereocenters. The first-order chi connectivity index (χ1) is 12.2. The van der Waals surface area contributed by atoms with Gasteiger partial charge in [0.05, 0.1) is 11.7 Å². The molecule has 0 fully saturated rings. The van der Waals surface area contributed by atoms with Crippen LogP contribution in [0.3, 0.4) is 0 Å². The van der Waals surface area contributed by atoms with Crippen LogP contribution in [0.2, 0.25) is 0 Å². The molecular weight excluding hydrogens is 334 g/mol. The number of carbonyl (C=O) groups is 2. The maximum absolute atomic E-state index is 13.0. The van der Waals surface area contributed by atoms with Crippen LogP contribution in [0.5, 0.6) is 0 Å². The maximum Gasteiger partial charge on any atom is 0.282 e. The molecule has 0 saturated carbocycles. The summed E-state index contributed by atoms with van der Waals surface area (Å²) < 4.78 is 0. The van der Waals surface area contributed by atoms with Crippen molar-refractivity contribution in [1.82, 2.24) is 5.32 Å². The monoisotopic (exact) mass is 356 g/mol. The summed E-state index contributed by atoms with van der Waals surface area (Å²) in [5.74, 6) is 0.759. The van der Waals surface area contributed by atoms with Gasteiger partial charge < -0.3 is 10.6 Å². The van der Waals surface area contributed by atoms with Crippen molar-refractivity contribution in [3.8, 4) is 0 Å². The molecule has 1 aliphatic rings. The van der Waals surface area contributed by atoms with Crippen molar-refractivity contribution in [3.63, 3.8) is 0 Å². The van der Waals surface area contributed by atoms with Crippen molar-refractivity contribution in [2.45, 2.75) is 10.9 Å². The Hall–Kier alpha value is -2.31. The Labute approximate surface area is 151 Å². The summed E-state index contributed by atoms with van der Waals surface area (Å²) in [5.41, 5.74) is 2.08. The van der Waals surface area contributed by atoms with E-state index in [1.54, 1.807) is 24.1 Å². The van der Waals surface area contributed by atoms with E-state index in [2.05, 4.69) is 23.5 Å². The van der Waals surface area contributed by atoms with Crippen LogP contribution in [0, 0.1) is 0 Å². The number of anilines is 1. The molecule has 5 nitrogen and oxygen atoms in total. The Morgan fingerprint density at radius 1 is 1.12 bits per heavy atom. The van der Waals surface area contributed by atoms with Gasteiger partial charge in [-0.05, 0) is 17.7 Å². The molecule has 0 unspecified atom stereocenters. The number of nitrogens with one attached hydrogen (secondary N) is 1. The van der Waals surface area contributed by atoms with Gasteiger partial charge >= 0.3 is 0 Å². The predicted molar refractivity (Wildman–Crippen MR) is 99.6 cm³/mol. The molecule has 3 N–H and O–H groups in total. The summed E-state index contributed by atoms with van der Waals surface area (Å²) in [4.78, 5) is 27.4. The summed E-state index contributed by atoms with van der Waals surface area (Å²) in [6.07, 6.45) is 0. The third-order valence-electron chi connectivity index (χ3n) is 4.21. The number of thioether (sulfide) groups is 1. The summed E-state index contributed by atoms with van der Waals surface area (Å²) >= 11 is 1.78. The second-order valence-electron chi connectivity index (χ2n) is 5.84. The van der Waals surface area contributed by atoms with Gasteiger partial charge in [-0.1, -0.05) is 42.5 Å². The molecule has 130 valence electrons. The fourth-order valence-electron chi connectivity index (χ4n) is 2.95. The minimum absolute atomic E-state index is 0.00185. The van der Waals surface area contributed by atoms with Crippen molar-refractivity contribution >= 4 is 29.3 Å². The topological polar surface area (TPSA) is 66.0 Å². The van der Waals surface area contributed by atoms with Gasteiger partial charge in [-0.3, -0.25) is 14.5 Å². The van der Waals surface area contributed by atoms with Crippen molar-refractivity contribution in [3.05, 3.63) is 60.2 Å². The SMILES string of the molecule is CNC(=O)C[NH2+]CC(=O)N1c2ccccc2SC[C@@H]1c1ccccc1. The first-order valence-corrected chi connectivity index (χ1v) is 9.30. The van der Waals surface area contributed by atoms with Gasteiger partial charge in [-0.25, -0.2) is 0 Å². The lowest BCUT2D eigenvalue weighted by Crippen LogP contribution is -2.88. The van der Waals surface area contributed by atoms with Crippen LogP contribution in [0.4, 0.5) is 5.69 Å². The molecule has 0 spiro atoms. The third kappa shape index (κ3) is 4.03. The number of nitrogens with two attached hydrogens (primary N) is 1. The average molecular weight is 356 g/mol. The van der Waals surface area contributed by atoms with Crippen molar-refractivity contribution < 1.29 is 14.9 Å². The van der Waals surface area contributed by atoms with E-state index in [1.165, 1.54) is 0 Å². The summed E-state index contributed by atoms with van der Waals surface area (Å²) in [7, 11) is 1.60. The highest BCUT2D eigenvalue weighted by molar-refractivity contribution is 7.99. The Kier molecular flexibility index (Phi) is 5.73. The smallest absolute Gasteiger partial charge is 0.282 e. The van der Waals surface area contributed by atoms with Crippen molar-refractivity contribution in [2.24, 2.45) is 0 Å². The molecule has 0 aliphatic carbocycles. The lowest BCUT2D eigenvalue weighted by molar-refractivity contribution is -0.632. The van der Waals surface area contributed by atoms with Gasteiger partial charge in [0.25, 0.3) is 11.8 Å². The molecular formula is C19H22N3O2S+. The maximum atomic E-state index is 13.0. The lowest BCUT2D eigenvalue weighted by Gasteiger charge is -2.36. The molecule has 0 bridgehead atoms. The van der Waals surface area contributed by atoms with Gasteiger partial charge in [-0.2, -0.15) is 0 Å². The number of carbonyl (C=O) groups excluding carboxylic acids is 2. The highest BCUT2D eigenvalue weighted by atomic mass is 32.2. The van der Waals surface area contributed by atoms with Crippen LogP contribution in [-0.4, -0.2) is 37.7 Å². The number of nitrogens with zero attached hydrogens (tertiary/aromatic N) is 1. The number of likely N-dealkylation sites (N-methyl/N-ethyl adjacent to an activating group) is 1. The number of hydrogen-bond acceptors (Lipinski definition) is 3. The Morgan fingerprint density at radius 2 is 1.84 bits per heavy atom. The van der Waals surface area contributed by atoms with Crippen molar-refractivity contribution in [2.75, 3.05) is 30.8 Å². The number of para-hydroxylation sites is 1. The van der Waals surface area contributed by atoms with E-state index in [9.17, 15) is 9.59 Å². The van der Waals surface area contributed by atoms with Gasteiger partial charge in [0, 0.05) is 17.7 Å². The van der Waals surface area contributed by atoms with Gasteiger partial charge in [0.2, 0.25) is 0 Å². The number of hydrogen-bond donors (Lipinski definition) is 2. The molecule has 3 rings (SSSR count). The zero-order chi connectivity index (χ0) is 17.6. The van der Waals surface area contributed by atoms with E-state index in [0.29, 0.717) is 0 Å². The van der Waals surface area contributed by atoms with E-state index in [4.69, 9.17) is 0 Å². The van der Waals surface area contributed by atoms with Crippen LogP contribution >= 0.6 is 11.8 Å². The molecule has 2 aromatic rings. The fraction of sp³-hybridized carbons (Fsp3) is 0.263. The van der Waals surface area contributed by atoms with E-state index >= 15 is 0 Å². The predicted octanol–water partition coefficient (Wildman–Crippen LogP) is 1.18. The summed E-state index contributed by atoms with van der Waals surface area (Å²) in [6.45, 7) is 0.498. The second-order valence-corrected chi connectivity index (χ2v) is 6.90. The number of amides is 2. The van der Waals surface area contributed by atoms with E-state index in [-0.39, 0.29) is 30.9 Å². The van der Waals surface area contributed by atoms with E-state index in [1.807, 2.05) is 41.3 Å².